The molecule has 0 radical (unpaired) electrons. The third kappa shape index (κ3) is 2.91. The first-order chi connectivity index (χ1) is 10.3. The normalized spacial score (nSPS) is 11.1. The van der Waals surface area contributed by atoms with Crippen molar-refractivity contribution in [3.8, 4) is 11.3 Å². The van der Waals surface area contributed by atoms with Crippen LogP contribution in [0.2, 0.25) is 0 Å². The number of thiophene rings is 1. The van der Waals surface area contributed by atoms with E-state index in [2.05, 4.69) is 26.9 Å². The number of fused-ring (bicyclic) bond motifs is 1. The fourth-order valence-electron chi connectivity index (χ4n) is 2.16. The molecule has 21 heavy (non-hydrogen) atoms. The van der Waals surface area contributed by atoms with Gasteiger partial charge < -0.3 is 14.6 Å². The molecule has 6 heteroatoms. The van der Waals surface area contributed by atoms with E-state index in [4.69, 9.17) is 9.26 Å². The number of nitrogens with one attached hydrogen (secondary N) is 1. The van der Waals surface area contributed by atoms with Gasteiger partial charge >= 0.3 is 0 Å². The third-order valence-corrected chi connectivity index (χ3v) is 3.93. The molecule has 0 saturated carbocycles. The highest BCUT2D eigenvalue weighted by atomic mass is 32.1. The molecule has 0 fully saturated rings. The molecule has 110 valence electrons. The lowest BCUT2D eigenvalue weighted by molar-refractivity contribution is 0.198. The van der Waals surface area contributed by atoms with E-state index in [1.807, 2.05) is 18.4 Å². The van der Waals surface area contributed by atoms with Gasteiger partial charge in [0.15, 0.2) is 0 Å². The Bertz CT molecular complexity index is 722. The number of aromatic nitrogens is 2. The fourth-order valence-corrected chi connectivity index (χ4v) is 2.81. The Labute approximate surface area is 126 Å². The Balaban J connectivity index is 1.96. The summed E-state index contributed by atoms with van der Waals surface area (Å²) in [5, 5.41) is 11.5. The first-order valence-corrected chi connectivity index (χ1v) is 7.76. The van der Waals surface area contributed by atoms with Crippen LogP contribution in [-0.4, -0.2) is 30.4 Å². The second-order valence-corrected chi connectivity index (χ2v) is 5.57. The zero-order valence-electron chi connectivity index (χ0n) is 12.0. The van der Waals surface area contributed by atoms with Gasteiger partial charge in [-0.05, 0) is 30.9 Å². The molecule has 0 atom stereocenters. The van der Waals surface area contributed by atoms with Crippen LogP contribution in [0, 0.1) is 6.92 Å². The van der Waals surface area contributed by atoms with Crippen molar-refractivity contribution in [3.63, 3.8) is 0 Å². The van der Waals surface area contributed by atoms with Crippen LogP contribution in [0.5, 0.6) is 0 Å². The maximum atomic E-state index is 5.41. The summed E-state index contributed by atoms with van der Waals surface area (Å²) in [4.78, 5) is 4.67. The zero-order valence-corrected chi connectivity index (χ0v) is 12.9. The quantitative estimate of drug-likeness (QED) is 0.703. The molecule has 0 aliphatic carbocycles. The summed E-state index contributed by atoms with van der Waals surface area (Å²) in [6.07, 6.45) is 0.932. The van der Waals surface area contributed by atoms with Crippen molar-refractivity contribution in [2.75, 3.05) is 25.6 Å². The molecular weight excluding hydrogens is 286 g/mol. The van der Waals surface area contributed by atoms with Gasteiger partial charge in [-0.1, -0.05) is 5.16 Å². The van der Waals surface area contributed by atoms with Crippen molar-refractivity contribution in [2.45, 2.75) is 13.3 Å². The number of methoxy groups -OCH3 is 1. The minimum atomic E-state index is 0.712. The van der Waals surface area contributed by atoms with Crippen LogP contribution in [-0.2, 0) is 4.74 Å². The molecule has 3 aromatic rings. The Morgan fingerprint density at radius 3 is 3.10 bits per heavy atom. The second kappa shape index (κ2) is 6.24. The average molecular weight is 303 g/mol. The summed E-state index contributed by atoms with van der Waals surface area (Å²) in [6.45, 7) is 3.45. The topological polar surface area (TPSA) is 60.2 Å². The van der Waals surface area contributed by atoms with E-state index in [0.717, 1.165) is 47.7 Å². The first kappa shape index (κ1) is 14.0. The lowest BCUT2D eigenvalue weighted by atomic mass is 10.2. The molecule has 3 rings (SSSR count). The summed E-state index contributed by atoms with van der Waals surface area (Å²) in [5.74, 6) is 0. The second-order valence-electron chi connectivity index (χ2n) is 4.79. The van der Waals surface area contributed by atoms with E-state index in [1.165, 1.54) is 0 Å². The molecule has 0 bridgehead atoms. The molecule has 5 nitrogen and oxygen atoms in total. The number of rotatable bonds is 6. The highest BCUT2D eigenvalue weighted by Crippen LogP contribution is 2.30. The van der Waals surface area contributed by atoms with E-state index in [9.17, 15) is 0 Å². The van der Waals surface area contributed by atoms with Gasteiger partial charge in [-0.3, -0.25) is 0 Å². The van der Waals surface area contributed by atoms with Crippen LogP contribution in [0.3, 0.4) is 0 Å². The summed E-state index contributed by atoms with van der Waals surface area (Å²) in [6, 6.07) is 4.08. The Morgan fingerprint density at radius 2 is 2.33 bits per heavy atom. The van der Waals surface area contributed by atoms with Gasteiger partial charge in [0.2, 0.25) is 5.58 Å². The van der Waals surface area contributed by atoms with E-state index in [-0.39, 0.29) is 0 Å². The lowest BCUT2D eigenvalue weighted by Gasteiger charge is -2.08. The number of pyridine rings is 1. The molecule has 3 aromatic heterocycles. The predicted octanol–water partition coefficient (Wildman–Crippen LogP) is 3.71. The summed E-state index contributed by atoms with van der Waals surface area (Å²) < 4.78 is 10.5. The molecule has 0 aromatic carbocycles. The van der Waals surface area contributed by atoms with Gasteiger partial charge in [-0.2, -0.15) is 11.3 Å². The van der Waals surface area contributed by atoms with E-state index in [0.29, 0.717) is 5.58 Å². The molecule has 0 saturated heterocycles. The minimum Gasteiger partial charge on any atom is -0.385 e. The smallest absolute Gasteiger partial charge is 0.208 e. The van der Waals surface area contributed by atoms with Crippen LogP contribution in [0.15, 0.2) is 27.4 Å². The van der Waals surface area contributed by atoms with Gasteiger partial charge in [0.1, 0.15) is 11.2 Å². The van der Waals surface area contributed by atoms with Gasteiger partial charge in [-0.25, -0.2) is 4.98 Å². The van der Waals surface area contributed by atoms with Gasteiger partial charge in [0, 0.05) is 31.2 Å². The van der Waals surface area contributed by atoms with Crippen LogP contribution in [0.4, 0.5) is 5.69 Å². The number of hydrogen-bond donors (Lipinski definition) is 1. The monoisotopic (exact) mass is 303 g/mol. The summed E-state index contributed by atoms with van der Waals surface area (Å²) in [5.41, 5.74) is 5.31. The van der Waals surface area contributed by atoms with Crippen LogP contribution < -0.4 is 5.32 Å². The zero-order chi connectivity index (χ0) is 14.7. The van der Waals surface area contributed by atoms with E-state index < -0.39 is 0 Å². The number of nitrogens with zero attached hydrogens (tertiary/aromatic N) is 2. The number of anilines is 1. The van der Waals surface area contributed by atoms with E-state index in [1.54, 1.807) is 18.4 Å². The van der Waals surface area contributed by atoms with Crippen molar-refractivity contribution in [1.82, 2.24) is 10.1 Å². The lowest BCUT2D eigenvalue weighted by Crippen LogP contribution is -2.05. The largest absolute Gasteiger partial charge is 0.385 e. The third-order valence-electron chi connectivity index (χ3n) is 3.25. The Kier molecular flexibility index (Phi) is 4.17. The maximum Gasteiger partial charge on any atom is 0.208 e. The fraction of sp³-hybridized carbons (Fsp3) is 0.333. The molecule has 0 aliphatic rings. The van der Waals surface area contributed by atoms with Gasteiger partial charge in [0.25, 0.3) is 0 Å². The maximum absolute atomic E-state index is 5.41. The number of aryl methyl sites for hydroxylation is 1. The van der Waals surface area contributed by atoms with Crippen molar-refractivity contribution < 1.29 is 9.26 Å². The highest BCUT2D eigenvalue weighted by Gasteiger charge is 2.14. The van der Waals surface area contributed by atoms with Crippen molar-refractivity contribution in [2.24, 2.45) is 0 Å². The van der Waals surface area contributed by atoms with Crippen LogP contribution in [0.1, 0.15) is 12.1 Å². The van der Waals surface area contributed by atoms with Gasteiger partial charge in [-0.15, -0.1) is 0 Å². The van der Waals surface area contributed by atoms with Crippen molar-refractivity contribution in [3.05, 3.63) is 28.6 Å². The van der Waals surface area contributed by atoms with Crippen LogP contribution in [0.25, 0.3) is 22.4 Å². The summed E-state index contributed by atoms with van der Waals surface area (Å²) >= 11 is 1.66. The Hall–Kier alpha value is -1.92. The molecular formula is C15H17N3O2S. The van der Waals surface area contributed by atoms with E-state index >= 15 is 0 Å². The molecule has 1 N–H and O–H groups in total. The molecule has 0 spiro atoms. The Morgan fingerprint density at radius 1 is 1.43 bits per heavy atom. The highest BCUT2D eigenvalue weighted by molar-refractivity contribution is 7.08. The number of hydrogen-bond acceptors (Lipinski definition) is 6. The van der Waals surface area contributed by atoms with Gasteiger partial charge in [0.05, 0.1) is 11.4 Å². The first-order valence-electron chi connectivity index (χ1n) is 6.82. The standard InChI is InChI=1S/C15H17N3O2S/c1-10-14-15(20-18-10)13(16-5-3-6-19-2)8-12(17-14)11-4-7-21-9-11/h4,7-9H,3,5-6H2,1-2H3,(H,16,17). The minimum absolute atomic E-state index is 0.712. The molecule has 0 unspecified atom stereocenters. The SMILES string of the molecule is COCCCNc1cc(-c2ccsc2)nc2c(C)noc12. The van der Waals surface area contributed by atoms with Crippen molar-refractivity contribution >= 4 is 28.1 Å². The average Bonchev–Trinajstić information content (AvgIpc) is 3.14. The summed E-state index contributed by atoms with van der Waals surface area (Å²) in [7, 11) is 1.71. The number of ether oxygens (including phenoxy) is 1. The predicted molar refractivity (Wildman–Crippen MR) is 84.8 cm³/mol. The van der Waals surface area contributed by atoms with Crippen molar-refractivity contribution in [1.29, 1.82) is 0 Å². The molecule has 0 aliphatic heterocycles. The molecule has 0 amide bonds. The molecule has 3 heterocycles. The van der Waals surface area contributed by atoms with Crippen LogP contribution >= 0.6 is 11.3 Å².